The molecule has 0 aliphatic heterocycles. The van der Waals surface area contributed by atoms with Gasteiger partial charge < -0.3 is 9.88 Å². The molecule has 2 aromatic rings. The van der Waals surface area contributed by atoms with E-state index in [1.165, 1.54) is 14.9 Å². The Labute approximate surface area is 102 Å². The van der Waals surface area contributed by atoms with Gasteiger partial charge in [-0.3, -0.25) is 0 Å². The third-order valence-corrected chi connectivity index (χ3v) is 4.13. The molecule has 2 heterocycles. The van der Waals surface area contributed by atoms with Crippen LogP contribution in [0.25, 0.3) is 0 Å². The average molecular weight is 285 g/mol. The second-order valence-corrected chi connectivity index (χ2v) is 5.34. The molecule has 0 fully saturated rings. The Morgan fingerprint density at radius 2 is 2.27 bits per heavy atom. The van der Waals surface area contributed by atoms with E-state index < -0.39 is 0 Å². The van der Waals surface area contributed by atoms with Gasteiger partial charge >= 0.3 is 0 Å². The molecule has 0 aliphatic rings. The van der Waals surface area contributed by atoms with Crippen LogP contribution in [0.3, 0.4) is 0 Å². The second-order valence-electron chi connectivity index (χ2n) is 3.48. The highest BCUT2D eigenvalue weighted by Gasteiger charge is 2.00. The largest absolute Gasteiger partial charge is 0.357 e. The lowest BCUT2D eigenvalue weighted by atomic mass is 10.3. The lowest BCUT2D eigenvalue weighted by Gasteiger charge is -2.01. The molecule has 0 saturated heterocycles. The van der Waals surface area contributed by atoms with Crippen LogP contribution in [0.2, 0.25) is 0 Å². The molecule has 0 unspecified atom stereocenters. The van der Waals surface area contributed by atoms with Crippen LogP contribution in [0.5, 0.6) is 0 Å². The zero-order valence-corrected chi connectivity index (χ0v) is 10.9. The fraction of sp³-hybridized carbons (Fsp3) is 0.273. The molecular formula is C11H13BrN2S. The SMILES string of the molecule is Cn1ccc(CNCc2sccc2Br)c1. The predicted octanol–water partition coefficient (Wildman–Crippen LogP) is 3.14. The van der Waals surface area contributed by atoms with Crippen LogP contribution in [0.15, 0.2) is 34.4 Å². The summed E-state index contributed by atoms with van der Waals surface area (Å²) in [6, 6.07) is 4.22. The van der Waals surface area contributed by atoms with Crippen LogP contribution >= 0.6 is 27.3 Å². The summed E-state index contributed by atoms with van der Waals surface area (Å²) < 4.78 is 3.27. The molecule has 0 aliphatic carbocycles. The minimum absolute atomic E-state index is 0.922. The molecule has 0 amide bonds. The van der Waals surface area contributed by atoms with E-state index in [0.717, 1.165) is 13.1 Å². The van der Waals surface area contributed by atoms with Crippen molar-refractivity contribution in [3.63, 3.8) is 0 Å². The maximum absolute atomic E-state index is 3.52. The van der Waals surface area contributed by atoms with Gasteiger partial charge in [0.05, 0.1) is 0 Å². The van der Waals surface area contributed by atoms with Gasteiger partial charge in [-0.2, -0.15) is 0 Å². The Bertz CT molecular complexity index is 433. The van der Waals surface area contributed by atoms with Crippen molar-refractivity contribution in [1.29, 1.82) is 0 Å². The molecule has 0 bridgehead atoms. The van der Waals surface area contributed by atoms with E-state index in [9.17, 15) is 0 Å². The highest BCUT2D eigenvalue weighted by molar-refractivity contribution is 9.10. The van der Waals surface area contributed by atoms with Gasteiger partial charge in [-0.05, 0) is 39.0 Å². The number of nitrogens with one attached hydrogen (secondary N) is 1. The zero-order valence-electron chi connectivity index (χ0n) is 8.53. The first kappa shape index (κ1) is 10.9. The van der Waals surface area contributed by atoms with E-state index in [1.807, 2.05) is 7.05 Å². The van der Waals surface area contributed by atoms with Crippen molar-refractivity contribution in [3.8, 4) is 0 Å². The van der Waals surface area contributed by atoms with Crippen molar-refractivity contribution >= 4 is 27.3 Å². The molecule has 80 valence electrons. The van der Waals surface area contributed by atoms with Crippen LogP contribution in [0.1, 0.15) is 10.4 Å². The molecule has 2 rings (SSSR count). The number of hydrogen-bond donors (Lipinski definition) is 1. The van der Waals surface area contributed by atoms with Crippen LogP contribution in [-0.4, -0.2) is 4.57 Å². The van der Waals surface area contributed by atoms with E-state index in [2.05, 4.69) is 55.7 Å². The van der Waals surface area contributed by atoms with E-state index >= 15 is 0 Å². The van der Waals surface area contributed by atoms with Crippen LogP contribution in [0.4, 0.5) is 0 Å². The van der Waals surface area contributed by atoms with E-state index in [-0.39, 0.29) is 0 Å². The third-order valence-electron chi connectivity index (χ3n) is 2.20. The molecule has 15 heavy (non-hydrogen) atoms. The van der Waals surface area contributed by atoms with Crippen LogP contribution in [0, 0.1) is 0 Å². The van der Waals surface area contributed by atoms with Crippen molar-refractivity contribution < 1.29 is 0 Å². The van der Waals surface area contributed by atoms with Crippen molar-refractivity contribution in [3.05, 3.63) is 44.8 Å². The first-order valence-electron chi connectivity index (χ1n) is 4.79. The summed E-state index contributed by atoms with van der Waals surface area (Å²) >= 11 is 5.30. The summed E-state index contributed by atoms with van der Waals surface area (Å²) in [6.07, 6.45) is 4.20. The summed E-state index contributed by atoms with van der Waals surface area (Å²) in [5.41, 5.74) is 1.32. The third kappa shape index (κ3) is 2.93. The molecular weight excluding hydrogens is 272 g/mol. The Morgan fingerprint density at radius 3 is 2.87 bits per heavy atom. The summed E-state index contributed by atoms with van der Waals surface area (Å²) in [7, 11) is 2.04. The van der Waals surface area contributed by atoms with Gasteiger partial charge in [0.2, 0.25) is 0 Å². The Kier molecular flexibility index (Phi) is 3.61. The van der Waals surface area contributed by atoms with Gasteiger partial charge in [0, 0.05) is 41.9 Å². The van der Waals surface area contributed by atoms with Crippen LogP contribution in [-0.2, 0) is 20.1 Å². The average Bonchev–Trinajstić information content (AvgIpc) is 2.77. The molecule has 0 atom stereocenters. The Morgan fingerprint density at radius 1 is 1.40 bits per heavy atom. The van der Waals surface area contributed by atoms with Crippen LogP contribution < -0.4 is 5.32 Å². The fourth-order valence-corrected chi connectivity index (χ4v) is 2.90. The van der Waals surface area contributed by atoms with Gasteiger partial charge in [-0.1, -0.05) is 0 Å². The lowest BCUT2D eigenvalue weighted by Crippen LogP contribution is -2.11. The highest BCUT2D eigenvalue weighted by Crippen LogP contribution is 2.22. The molecule has 0 aromatic carbocycles. The minimum Gasteiger partial charge on any atom is -0.357 e. The van der Waals surface area contributed by atoms with Crippen molar-refractivity contribution in [2.24, 2.45) is 7.05 Å². The van der Waals surface area contributed by atoms with Crippen molar-refractivity contribution in [2.45, 2.75) is 13.1 Å². The molecule has 1 N–H and O–H groups in total. The summed E-state index contributed by atoms with van der Waals surface area (Å²) in [5, 5.41) is 5.53. The first-order valence-corrected chi connectivity index (χ1v) is 6.46. The summed E-state index contributed by atoms with van der Waals surface area (Å²) in [4.78, 5) is 1.35. The van der Waals surface area contributed by atoms with Gasteiger partial charge in [-0.15, -0.1) is 11.3 Å². The fourth-order valence-electron chi connectivity index (χ4n) is 1.44. The van der Waals surface area contributed by atoms with Gasteiger partial charge in [0.15, 0.2) is 0 Å². The van der Waals surface area contributed by atoms with Gasteiger partial charge in [0.1, 0.15) is 0 Å². The summed E-state index contributed by atoms with van der Waals surface area (Å²) in [5.74, 6) is 0. The molecule has 0 spiro atoms. The second kappa shape index (κ2) is 4.96. The molecule has 0 saturated carbocycles. The smallest absolute Gasteiger partial charge is 0.0327 e. The number of aromatic nitrogens is 1. The molecule has 0 radical (unpaired) electrons. The van der Waals surface area contributed by atoms with Crippen molar-refractivity contribution in [2.75, 3.05) is 0 Å². The number of aryl methyl sites for hydroxylation is 1. The van der Waals surface area contributed by atoms with E-state index in [1.54, 1.807) is 11.3 Å². The number of hydrogen-bond acceptors (Lipinski definition) is 2. The monoisotopic (exact) mass is 284 g/mol. The molecule has 2 aromatic heterocycles. The maximum Gasteiger partial charge on any atom is 0.0327 e. The van der Waals surface area contributed by atoms with Gasteiger partial charge in [0.25, 0.3) is 0 Å². The Balaban J connectivity index is 1.83. The summed E-state index contributed by atoms with van der Waals surface area (Å²) in [6.45, 7) is 1.85. The Hall–Kier alpha value is -0.580. The number of halogens is 1. The highest BCUT2D eigenvalue weighted by atomic mass is 79.9. The van der Waals surface area contributed by atoms with Crippen molar-refractivity contribution in [1.82, 2.24) is 9.88 Å². The standard InChI is InChI=1S/C11H13BrN2S/c1-14-4-2-9(8-14)6-13-7-11-10(12)3-5-15-11/h2-5,8,13H,6-7H2,1H3. The first-order chi connectivity index (χ1) is 7.25. The quantitative estimate of drug-likeness (QED) is 0.913. The topological polar surface area (TPSA) is 17.0 Å². The number of rotatable bonds is 4. The van der Waals surface area contributed by atoms with E-state index in [4.69, 9.17) is 0 Å². The predicted molar refractivity (Wildman–Crippen MR) is 68.0 cm³/mol. The number of thiophene rings is 1. The maximum atomic E-state index is 3.52. The molecule has 4 heteroatoms. The molecule has 2 nitrogen and oxygen atoms in total. The number of nitrogens with zero attached hydrogens (tertiary/aromatic N) is 1. The zero-order chi connectivity index (χ0) is 10.7. The van der Waals surface area contributed by atoms with E-state index in [0.29, 0.717) is 0 Å². The van der Waals surface area contributed by atoms with Gasteiger partial charge in [-0.25, -0.2) is 0 Å². The lowest BCUT2D eigenvalue weighted by molar-refractivity contribution is 0.698. The minimum atomic E-state index is 0.922. The normalized spacial score (nSPS) is 10.8.